The van der Waals surface area contributed by atoms with Gasteiger partial charge in [0.1, 0.15) is 12.4 Å². The molecule has 9 nitrogen and oxygen atoms in total. The van der Waals surface area contributed by atoms with Crippen LogP contribution in [0.15, 0.2) is 58.6 Å². The molecule has 2 aromatic rings. The zero-order valence-electron chi connectivity index (χ0n) is 18.0. The summed E-state index contributed by atoms with van der Waals surface area (Å²) in [4.78, 5) is 17.6. The second kappa shape index (κ2) is 11.4. The molecule has 0 saturated heterocycles. The number of rotatable bonds is 7. The van der Waals surface area contributed by atoms with Gasteiger partial charge in [-0.1, -0.05) is 29.8 Å². The number of hydrogen-bond acceptors (Lipinski definition) is 6. The molecule has 0 aliphatic carbocycles. The van der Waals surface area contributed by atoms with Crippen molar-refractivity contribution in [1.82, 2.24) is 9.91 Å². The van der Waals surface area contributed by atoms with Gasteiger partial charge >= 0.3 is 6.61 Å². The highest BCUT2D eigenvalue weighted by Crippen LogP contribution is 2.24. The number of aliphatic imine (C=N–C) groups is 1. The normalized spacial score (nSPS) is 15.7. The van der Waals surface area contributed by atoms with Crippen molar-refractivity contribution in [3.8, 4) is 11.9 Å². The number of aliphatic hydroxyl groups is 1. The van der Waals surface area contributed by atoms with Gasteiger partial charge in [0.05, 0.1) is 18.3 Å². The Kier molecular flexibility index (Phi) is 8.34. The number of halogens is 3. The number of amides is 1. The minimum atomic E-state index is -2.99. The maximum absolute atomic E-state index is 12.6. The fourth-order valence-corrected chi connectivity index (χ4v) is 3.60. The molecule has 1 atom stereocenters. The first-order valence-electron chi connectivity index (χ1n) is 10.2. The Labute approximate surface area is 199 Å². The van der Waals surface area contributed by atoms with E-state index in [2.05, 4.69) is 20.1 Å². The van der Waals surface area contributed by atoms with Crippen LogP contribution in [0, 0.1) is 11.5 Å². The Hall–Kier alpha value is -3.75. The first-order chi connectivity index (χ1) is 16.4. The fourth-order valence-electron chi connectivity index (χ4n) is 3.48. The third kappa shape index (κ3) is 5.98. The van der Waals surface area contributed by atoms with Crippen molar-refractivity contribution >= 4 is 34.9 Å². The molecule has 1 amide bonds. The number of anilines is 1. The number of hydrogen-bond donors (Lipinski definition) is 2. The van der Waals surface area contributed by atoms with Crippen LogP contribution in [0.3, 0.4) is 0 Å². The number of guanidine groups is 1. The Bertz CT molecular complexity index is 1120. The summed E-state index contributed by atoms with van der Waals surface area (Å²) >= 11 is 6.00. The van der Waals surface area contributed by atoms with Gasteiger partial charge < -0.3 is 20.1 Å². The molecule has 0 saturated carbocycles. The van der Waals surface area contributed by atoms with E-state index in [9.17, 15) is 23.9 Å². The van der Waals surface area contributed by atoms with E-state index in [1.54, 1.807) is 43.4 Å². The van der Waals surface area contributed by atoms with E-state index >= 15 is 0 Å². The summed E-state index contributed by atoms with van der Waals surface area (Å²) in [5.74, 6) is -0.551. The average molecular weight is 491 g/mol. The number of benzene rings is 2. The maximum atomic E-state index is 12.6. The van der Waals surface area contributed by atoms with Crippen molar-refractivity contribution in [2.75, 3.05) is 25.0 Å². The summed E-state index contributed by atoms with van der Waals surface area (Å²) < 4.78 is 29.5. The average Bonchev–Trinajstić information content (AvgIpc) is 3.24. The summed E-state index contributed by atoms with van der Waals surface area (Å²) in [7, 11) is 0. The van der Waals surface area contributed by atoms with Crippen LogP contribution in [0.2, 0.25) is 5.02 Å². The van der Waals surface area contributed by atoms with E-state index < -0.39 is 25.2 Å². The molecule has 1 aliphatic rings. The number of nitrogens with zero attached hydrogens (tertiary/aromatic N) is 5. The van der Waals surface area contributed by atoms with E-state index in [-0.39, 0.29) is 18.3 Å². The molecule has 0 fully saturated rings. The molecule has 34 heavy (non-hydrogen) atoms. The minimum Gasteiger partial charge on any atom is -0.435 e. The van der Waals surface area contributed by atoms with Crippen LogP contribution < -0.4 is 10.1 Å². The number of hydrazone groups is 1. The van der Waals surface area contributed by atoms with Crippen molar-refractivity contribution < 1.29 is 23.4 Å². The van der Waals surface area contributed by atoms with Gasteiger partial charge in [-0.3, -0.25) is 4.79 Å². The Balaban J connectivity index is 1.95. The number of nitriles is 1. The topological polar surface area (TPSA) is 114 Å². The van der Waals surface area contributed by atoms with Crippen LogP contribution in [0.1, 0.15) is 12.5 Å². The molecule has 0 radical (unpaired) electrons. The maximum Gasteiger partial charge on any atom is 0.387 e. The van der Waals surface area contributed by atoms with E-state index in [0.29, 0.717) is 28.5 Å². The van der Waals surface area contributed by atoms with Crippen LogP contribution in [-0.2, 0) is 4.79 Å². The smallest absolute Gasteiger partial charge is 0.387 e. The first-order valence-corrected chi connectivity index (χ1v) is 10.5. The molecule has 12 heteroatoms. The predicted octanol–water partition coefficient (Wildman–Crippen LogP) is 3.12. The third-order valence-electron chi connectivity index (χ3n) is 4.92. The van der Waals surface area contributed by atoms with Crippen LogP contribution in [0.5, 0.6) is 5.75 Å². The van der Waals surface area contributed by atoms with Crippen molar-refractivity contribution in [3.05, 3.63) is 59.1 Å². The van der Waals surface area contributed by atoms with Gasteiger partial charge in [0.2, 0.25) is 18.1 Å². The number of alkyl halides is 2. The molecule has 3 rings (SSSR count). The van der Waals surface area contributed by atoms with Crippen LogP contribution >= 0.6 is 11.6 Å². The van der Waals surface area contributed by atoms with Gasteiger partial charge in [0.15, 0.2) is 0 Å². The minimum absolute atomic E-state index is 0.0122. The highest BCUT2D eigenvalue weighted by molar-refractivity contribution is 6.30. The van der Waals surface area contributed by atoms with Crippen LogP contribution in [-0.4, -0.2) is 64.9 Å². The van der Waals surface area contributed by atoms with E-state index in [4.69, 9.17) is 11.6 Å². The molecule has 2 N–H and O–H groups in total. The third-order valence-corrected chi connectivity index (χ3v) is 5.17. The van der Waals surface area contributed by atoms with Crippen LogP contribution in [0.25, 0.3) is 0 Å². The summed E-state index contributed by atoms with van der Waals surface area (Å²) in [6.45, 7) is -1.47. The number of carbonyl (C=O) groups excluding carboxylic acids is 1. The highest BCUT2D eigenvalue weighted by atomic mass is 35.5. The molecule has 178 valence electrons. The monoisotopic (exact) mass is 490 g/mol. The van der Waals surface area contributed by atoms with Gasteiger partial charge in [0.25, 0.3) is 0 Å². The number of nitrogens with one attached hydrogen (secondary N) is 1. The van der Waals surface area contributed by atoms with E-state index in [1.807, 2.05) is 0 Å². The lowest BCUT2D eigenvalue weighted by Gasteiger charge is -2.28. The summed E-state index contributed by atoms with van der Waals surface area (Å²) in [6, 6.07) is 12.0. The van der Waals surface area contributed by atoms with Crippen LogP contribution in [0.4, 0.5) is 14.5 Å². The molecular formula is C22H21ClF2N6O3. The largest absolute Gasteiger partial charge is 0.435 e. The van der Waals surface area contributed by atoms with Gasteiger partial charge in [0, 0.05) is 28.9 Å². The lowest BCUT2D eigenvalue weighted by molar-refractivity contribution is -0.135. The summed E-state index contributed by atoms with van der Waals surface area (Å²) in [6.07, 6.45) is 1.69. The number of ether oxygens (including phenoxy) is 1. The lowest BCUT2D eigenvalue weighted by Crippen LogP contribution is -2.48. The molecule has 1 unspecified atom stereocenters. The van der Waals surface area contributed by atoms with Gasteiger partial charge in [-0.15, -0.1) is 4.99 Å². The number of likely N-dealkylation sites (N-methyl/N-ethyl adjacent to an activating group) is 1. The zero-order chi connectivity index (χ0) is 24.7. The predicted molar refractivity (Wildman–Crippen MR) is 123 cm³/mol. The van der Waals surface area contributed by atoms with Crippen molar-refractivity contribution in [2.24, 2.45) is 10.1 Å². The van der Waals surface area contributed by atoms with Crippen molar-refractivity contribution in [3.63, 3.8) is 0 Å². The lowest BCUT2D eigenvalue weighted by atomic mass is 10.0. The van der Waals surface area contributed by atoms with Crippen molar-refractivity contribution in [2.45, 2.75) is 19.6 Å². The Morgan fingerprint density at radius 3 is 2.76 bits per heavy atom. The molecule has 0 aromatic heterocycles. The molecule has 2 aromatic carbocycles. The van der Waals surface area contributed by atoms with E-state index in [1.165, 1.54) is 28.1 Å². The number of aliphatic hydroxyl groups excluding tert-OH is 1. The van der Waals surface area contributed by atoms with Gasteiger partial charge in [-0.25, -0.2) is 5.01 Å². The Morgan fingerprint density at radius 2 is 2.15 bits per heavy atom. The summed E-state index contributed by atoms with van der Waals surface area (Å²) in [5, 5.41) is 28.0. The van der Waals surface area contributed by atoms with Gasteiger partial charge in [-0.2, -0.15) is 19.1 Å². The van der Waals surface area contributed by atoms with Crippen molar-refractivity contribution in [1.29, 1.82) is 5.26 Å². The second-order valence-corrected chi connectivity index (χ2v) is 7.43. The SMILES string of the molecule is CCN(C(=O)CO)C1CN(/C(=N\C#N)Nc2cccc(OC(F)F)c2)N=C1c1ccc(Cl)cc1. The highest BCUT2D eigenvalue weighted by Gasteiger charge is 2.36. The quantitative estimate of drug-likeness (QED) is 0.350. The fraction of sp³-hybridized carbons (Fsp3) is 0.273. The number of carbonyl (C=O) groups is 1. The summed E-state index contributed by atoms with van der Waals surface area (Å²) in [5.41, 5.74) is 1.52. The van der Waals surface area contributed by atoms with E-state index in [0.717, 1.165) is 0 Å². The zero-order valence-corrected chi connectivity index (χ0v) is 18.8. The Morgan fingerprint density at radius 1 is 1.41 bits per heavy atom. The molecule has 1 aliphatic heterocycles. The molecule has 0 bridgehead atoms. The second-order valence-electron chi connectivity index (χ2n) is 6.99. The molecular weight excluding hydrogens is 470 g/mol. The first kappa shape index (κ1) is 24.9. The standard InChI is InChI=1S/C22H21ClF2N6O3/c1-2-30(19(33)12-32)18-11-31(29-20(18)14-6-8-15(23)9-7-14)22(27-13-26)28-16-4-3-5-17(10-16)34-21(24)25/h3-10,18,21,32H,2,11-12H2,1H3,(H,27,28). The molecule has 0 spiro atoms. The molecule has 1 heterocycles. The van der Waals surface area contributed by atoms with Gasteiger partial charge in [-0.05, 0) is 31.2 Å².